The molecule has 3 unspecified atom stereocenters. The van der Waals surface area contributed by atoms with Gasteiger partial charge >= 0.3 is 0 Å². The van der Waals surface area contributed by atoms with E-state index in [2.05, 4.69) is 9.80 Å². The largest absolute Gasteiger partial charge is 0.396 e. The molecule has 0 saturated carbocycles. The lowest BCUT2D eigenvalue weighted by Crippen LogP contribution is -2.43. The molecule has 1 amide bonds. The molecule has 0 bridgehead atoms. The molecule has 0 aromatic carbocycles. The molecule has 3 aliphatic heterocycles. The van der Waals surface area contributed by atoms with E-state index in [1.54, 1.807) is 0 Å². The van der Waals surface area contributed by atoms with Gasteiger partial charge in [0, 0.05) is 44.1 Å². The Hall–Kier alpha value is -0.610. The lowest BCUT2D eigenvalue weighted by atomic mass is 10.1. The second kappa shape index (κ2) is 4.00. The van der Waals surface area contributed by atoms with Crippen LogP contribution in [0.4, 0.5) is 0 Å². The van der Waals surface area contributed by atoms with Gasteiger partial charge in [-0.2, -0.15) is 0 Å². The number of carbonyl (C=O) groups excluding carboxylic acids is 1. The van der Waals surface area contributed by atoms with Crippen LogP contribution in [0.5, 0.6) is 0 Å². The molecule has 0 aromatic rings. The molecule has 3 aliphatic rings. The Balaban J connectivity index is 1.71. The average molecular weight is 224 g/mol. The number of hydrogen-bond donors (Lipinski definition) is 1. The lowest BCUT2D eigenvalue weighted by molar-refractivity contribution is -0.130. The summed E-state index contributed by atoms with van der Waals surface area (Å²) < 4.78 is 0. The highest BCUT2D eigenvalue weighted by Crippen LogP contribution is 2.34. The molecule has 3 rings (SSSR count). The van der Waals surface area contributed by atoms with E-state index in [0.29, 0.717) is 18.5 Å². The summed E-state index contributed by atoms with van der Waals surface area (Å²) in [6.07, 6.45) is 4.22. The number of aliphatic hydroxyl groups excluding tert-OH is 1. The summed E-state index contributed by atoms with van der Waals surface area (Å²) in [6, 6.07) is 1.05. The first-order valence-corrected chi connectivity index (χ1v) is 6.44. The summed E-state index contributed by atoms with van der Waals surface area (Å²) in [6.45, 7) is 3.31. The molecular weight excluding hydrogens is 204 g/mol. The molecule has 4 heteroatoms. The van der Waals surface area contributed by atoms with E-state index >= 15 is 0 Å². The monoisotopic (exact) mass is 224 g/mol. The molecule has 3 atom stereocenters. The van der Waals surface area contributed by atoms with E-state index in [9.17, 15) is 4.79 Å². The van der Waals surface area contributed by atoms with Crippen LogP contribution in [0.15, 0.2) is 0 Å². The molecule has 0 aromatic heterocycles. The standard InChI is InChI=1S/C12H20N2O2/c15-8-9-6-12(16)14(7-9)11-3-5-13-4-1-2-10(11)13/h9-11,15H,1-8H2. The number of fused-ring (bicyclic) bond motifs is 1. The maximum absolute atomic E-state index is 11.9. The van der Waals surface area contributed by atoms with E-state index in [0.717, 1.165) is 19.5 Å². The topological polar surface area (TPSA) is 43.8 Å². The summed E-state index contributed by atoms with van der Waals surface area (Å²) >= 11 is 0. The summed E-state index contributed by atoms with van der Waals surface area (Å²) in [5.74, 6) is 0.445. The zero-order valence-electron chi connectivity index (χ0n) is 9.64. The highest BCUT2D eigenvalue weighted by atomic mass is 16.3. The highest BCUT2D eigenvalue weighted by Gasteiger charge is 2.44. The number of aliphatic hydroxyl groups is 1. The predicted octanol–water partition coefficient (Wildman–Crippen LogP) is 0.0639. The van der Waals surface area contributed by atoms with Crippen molar-refractivity contribution < 1.29 is 9.90 Å². The minimum atomic E-state index is 0.156. The van der Waals surface area contributed by atoms with Gasteiger partial charge in [0.25, 0.3) is 0 Å². The van der Waals surface area contributed by atoms with Crippen LogP contribution in [-0.2, 0) is 4.79 Å². The second-order valence-corrected chi connectivity index (χ2v) is 5.40. The van der Waals surface area contributed by atoms with Gasteiger partial charge < -0.3 is 10.0 Å². The van der Waals surface area contributed by atoms with E-state index in [1.165, 1.54) is 19.4 Å². The summed E-state index contributed by atoms with van der Waals surface area (Å²) in [7, 11) is 0. The molecule has 90 valence electrons. The fourth-order valence-electron chi connectivity index (χ4n) is 3.67. The molecule has 0 radical (unpaired) electrons. The zero-order valence-corrected chi connectivity index (χ0v) is 9.64. The number of likely N-dealkylation sites (tertiary alicyclic amines) is 1. The van der Waals surface area contributed by atoms with Crippen LogP contribution in [0.2, 0.25) is 0 Å². The van der Waals surface area contributed by atoms with Gasteiger partial charge in [0.05, 0.1) is 0 Å². The van der Waals surface area contributed by atoms with Crippen molar-refractivity contribution >= 4 is 5.91 Å². The van der Waals surface area contributed by atoms with Crippen LogP contribution in [0.25, 0.3) is 0 Å². The molecule has 0 spiro atoms. The number of nitrogens with zero attached hydrogens (tertiary/aromatic N) is 2. The van der Waals surface area contributed by atoms with Crippen LogP contribution in [-0.4, -0.2) is 59.1 Å². The molecule has 3 saturated heterocycles. The van der Waals surface area contributed by atoms with Crippen molar-refractivity contribution in [2.45, 2.75) is 37.8 Å². The van der Waals surface area contributed by atoms with E-state index in [4.69, 9.17) is 5.11 Å². The van der Waals surface area contributed by atoms with E-state index in [1.807, 2.05) is 0 Å². The van der Waals surface area contributed by atoms with Crippen LogP contribution in [0, 0.1) is 5.92 Å². The van der Waals surface area contributed by atoms with Gasteiger partial charge in [0.1, 0.15) is 0 Å². The average Bonchev–Trinajstić information content (AvgIpc) is 2.91. The van der Waals surface area contributed by atoms with Crippen molar-refractivity contribution in [1.29, 1.82) is 0 Å². The highest BCUT2D eigenvalue weighted by molar-refractivity contribution is 5.79. The van der Waals surface area contributed by atoms with Crippen LogP contribution >= 0.6 is 0 Å². The van der Waals surface area contributed by atoms with Crippen molar-refractivity contribution in [3.8, 4) is 0 Å². The molecule has 3 fully saturated rings. The first kappa shape index (κ1) is 10.5. The quantitative estimate of drug-likeness (QED) is 0.721. The van der Waals surface area contributed by atoms with Gasteiger partial charge in [-0.05, 0) is 25.8 Å². The summed E-state index contributed by atoms with van der Waals surface area (Å²) in [5.41, 5.74) is 0. The Kier molecular flexibility index (Phi) is 2.64. The number of amides is 1. The van der Waals surface area contributed by atoms with E-state index in [-0.39, 0.29) is 18.4 Å². The second-order valence-electron chi connectivity index (χ2n) is 5.40. The fraction of sp³-hybridized carbons (Fsp3) is 0.917. The van der Waals surface area contributed by atoms with Crippen LogP contribution in [0.3, 0.4) is 0 Å². The lowest BCUT2D eigenvalue weighted by Gasteiger charge is -2.29. The third-order valence-electron chi connectivity index (χ3n) is 4.47. The third kappa shape index (κ3) is 1.55. The summed E-state index contributed by atoms with van der Waals surface area (Å²) in [4.78, 5) is 16.5. The molecule has 0 aliphatic carbocycles. The SMILES string of the molecule is O=C1CC(CO)CN1C1CCN2CCCC12. The first-order chi connectivity index (χ1) is 7.79. The molecule has 3 heterocycles. The summed E-state index contributed by atoms with van der Waals surface area (Å²) in [5, 5.41) is 9.14. The molecule has 16 heavy (non-hydrogen) atoms. The Bertz CT molecular complexity index is 295. The zero-order chi connectivity index (χ0) is 11.1. The van der Waals surface area contributed by atoms with Gasteiger partial charge in [-0.3, -0.25) is 9.69 Å². The first-order valence-electron chi connectivity index (χ1n) is 6.44. The Morgan fingerprint density at radius 1 is 1.25 bits per heavy atom. The Labute approximate surface area is 96.2 Å². The third-order valence-corrected chi connectivity index (χ3v) is 4.47. The minimum absolute atomic E-state index is 0.156. The van der Waals surface area contributed by atoms with Crippen molar-refractivity contribution in [1.82, 2.24) is 9.80 Å². The molecule has 4 nitrogen and oxygen atoms in total. The molecule has 1 N–H and O–H groups in total. The number of rotatable bonds is 2. The fourth-order valence-corrected chi connectivity index (χ4v) is 3.67. The van der Waals surface area contributed by atoms with Crippen LogP contribution in [0.1, 0.15) is 25.7 Å². The van der Waals surface area contributed by atoms with Gasteiger partial charge in [0.15, 0.2) is 0 Å². The Morgan fingerprint density at radius 2 is 2.12 bits per heavy atom. The van der Waals surface area contributed by atoms with Gasteiger partial charge in [0.2, 0.25) is 5.91 Å². The van der Waals surface area contributed by atoms with Crippen molar-refractivity contribution in [3.63, 3.8) is 0 Å². The maximum Gasteiger partial charge on any atom is 0.223 e. The minimum Gasteiger partial charge on any atom is -0.396 e. The predicted molar refractivity (Wildman–Crippen MR) is 59.9 cm³/mol. The number of hydrogen-bond acceptors (Lipinski definition) is 3. The van der Waals surface area contributed by atoms with Crippen molar-refractivity contribution in [2.75, 3.05) is 26.2 Å². The smallest absolute Gasteiger partial charge is 0.223 e. The van der Waals surface area contributed by atoms with Crippen molar-refractivity contribution in [3.05, 3.63) is 0 Å². The number of carbonyl (C=O) groups is 1. The normalized spacial score (nSPS) is 39.7. The molecular formula is C12H20N2O2. The van der Waals surface area contributed by atoms with Crippen LogP contribution < -0.4 is 0 Å². The maximum atomic E-state index is 11.9. The van der Waals surface area contributed by atoms with E-state index < -0.39 is 0 Å². The van der Waals surface area contributed by atoms with Gasteiger partial charge in [-0.1, -0.05) is 0 Å². The van der Waals surface area contributed by atoms with Gasteiger partial charge in [-0.25, -0.2) is 0 Å². The van der Waals surface area contributed by atoms with Crippen molar-refractivity contribution in [2.24, 2.45) is 5.92 Å². The Morgan fingerprint density at radius 3 is 2.88 bits per heavy atom. The van der Waals surface area contributed by atoms with Gasteiger partial charge in [-0.15, -0.1) is 0 Å².